The molecule has 2 N–H and O–H groups in total. The summed E-state index contributed by atoms with van der Waals surface area (Å²) >= 11 is 1.17. The van der Waals surface area contributed by atoms with E-state index in [0.717, 1.165) is 0 Å². The summed E-state index contributed by atoms with van der Waals surface area (Å²) in [5.74, 6) is 5.14. The summed E-state index contributed by atoms with van der Waals surface area (Å²) in [5, 5.41) is 11.0. The predicted octanol–water partition coefficient (Wildman–Crippen LogP) is 1.79. The largest absolute Gasteiger partial charge is 0.411 e. The maximum Gasteiger partial charge on any atom is 0.411 e. The second-order valence-corrected chi connectivity index (χ2v) is 4.95. The second-order valence-electron chi connectivity index (χ2n) is 3.86. The number of alkyl halides is 3. The SMILES string of the molecule is O=C(NCCOCC(F)(F)F)c1ccc(C#CCCO)s1. The molecule has 0 aliphatic heterocycles. The summed E-state index contributed by atoms with van der Waals surface area (Å²) in [6, 6.07) is 3.25. The van der Waals surface area contributed by atoms with E-state index in [2.05, 4.69) is 21.9 Å². The van der Waals surface area contributed by atoms with E-state index in [-0.39, 0.29) is 25.7 Å². The zero-order valence-electron chi connectivity index (χ0n) is 11.0. The Morgan fingerprint density at radius 1 is 1.43 bits per heavy atom. The average Bonchev–Trinajstić information content (AvgIpc) is 2.86. The lowest BCUT2D eigenvalue weighted by molar-refractivity contribution is -0.173. The molecule has 0 fully saturated rings. The van der Waals surface area contributed by atoms with E-state index >= 15 is 0 Å². The van der Waals surface area contributed by atoms with Crippen molar-refractivity contribution >= 4 is 17.2 Å². The molecule has 0 saturated carbocycles. The number of amides is 1. The lowest BCUT2D eigenvalue weighted by atomic mass is 10.4. The van der Waals surface area contributed by atoms with Gasteiger partial charge in [-0.3, -0.25) is 4.79 Å². The van der Waals surface area contributed by atoms with Crippen LogP contribution in [0.5, 0.6) is 0 Å². The molecule has 0 bridgehead atoms. The Labute approximate surface area is 123 Å². The number of thiophene rings is 1. The van der Waals surface area contributed by atoms with Crippen molar-refractivity contribution < 1.29 is 27.8 Å². The molecule has 0 radical (unpaired) electrons. The van der Waals surface area contributed by atoms with Gasteiger partial charge in [0, 0.05) is 13.0 Å². The van der Waals surface area contributed by atoms with Crippen LogP contribution in [0.3, 0.4) is 0 Å². The molecule has 1 aromatic heterocycles. The van der Waals surface area contributed by atoms with Gasteiger partial charge in [0.15, 0.2) is 0 Å². The molecule has 0 atom stereocenters. The minimum atomic E-state index is -4.36. The van der Waals surface area contributed by atoms with Crippen molar-refractivity contribution in [2.75, 3.05) is 26.4 Å². The molecule has 0 aliphatic rings. The van der Waals surface area contributed by atoms with Crippen molar-refractivity contribution in [1.82, 2.24) is 5.32 Å². The van der Waals surface area contributed by atoms with Gasteiger partial charge in [-0.05, 0) is 12.1 Å². The van der Waals surface area contributed by atoms with Gasteiger partial charge in [0.05, 0.1) is 23.0 Å². The maximum absolute atomic E-state index is 11.8. The Kier molecular flexibility index (Phi) is 7.22. The number of carbonyl (C=O) groups excluding carboxylic acids is 1. The summed E-state index contributed by atoms with van der Waals surface area (Å²) in [6.45, 7) is -1.56. The highest BCUT2D eigenvalue weighted by Gasteiger charge is 2.27. The van der Waals surface area contributed by atoms with Crippen molar-refractivity contribution in [2.24, 2.45) is 0 Å². The number of hydrogen-bond donors (Lipinski definition) is 2. The van der Waals surface area contributed by atoms with Crippen LogP contribution in [0.25, 0.3) is 0 Å². The maximum atomic E-state index is 11.8. The fraction of sp³-hybridized carbons (Fsp3) is 0.462. The summed E-state index contributed by atoms with van der Waals surface area (Å²) in [6.07, 6.45) is -4.00. The molecule has 0 unspecified atom stereocenters. The van der Waals surface area contributed by atoms with Gasteiger partial charge in [-0.1, -0.05) is 11.8 Å². The zero-order valence-corrected chi connectivity index (χ0v) is 11.8. The highest BCUT2D eigenvalue weighted by atomic mass is 32.1. The second kappa shape index (κ2) is 8.67. The van der Waals surface area contributed by atoms with Crippen LogP contribution in [0, 0.1) is 11.8 Å². The molecule has 0 spiro atoms. The first-order chi connectivity index (χ1) is 9.92. The minimum absolute atomic E-state index is 0.00165. The molecule has 0 saturated heterocycles. The van der Waals surface area contributed by atoms with Crippen LogP contribution in [0.1, 0.15) is 21.0 Å². The number of halogens is 3. The predicted molar refractivity (Wildman–Crippen MR) is 72.1 cm³/mol. The van der Waals surface area contributed by atoms with Crippen LogP contribution >= 0.6 is 11.3 Å². The van der Waals surface area contributed by atoms with Crippen LogP contribution in [-0.2, 0) is 4.74 Å². The Bertz CT molecular complexity index is 517. The third kappa shape index (κ3) is 7.70. The highest BCUT2D eigenvalue weighted by Crippen LogP contribution is 2.15. The van der Waals surface area contributed by atoms with Crippen molar-refractivity contribution in [2.45, 2.75) is 12.6 Å². The van der Waals surface area contributed by atoms with Crippen molar-refractivity contribution in [3.8, 4) is 11.8 Å². The van der Waals surface area contributed by atoms with Gasteiger partial charge in [-0.2, -0.15) is 13.2 Å². The smallest absolute Gasteiger partial charge is 0.395 e. The minimum Gasteiger partial charge on any atom is -0.395 e. The van der Waals surface area contributed by atoms with Gasteiger partial charge in [-0.25, -0.2) is 0 Å². The fourth-order valence-corrected chi connectivity index (χ4v) is 2.04. The number of aliphatic hydroxyl groups excluding tert-OH is 1. The molecule has 116 valence electrons. The van der Waals surface area contributed by atoms with E-state index in [9.17, 15) is 18.0 Å². The van der Waals surface area contributed by atoms with Gasteiger partial charge in [-0.15, -0.1) is 11.3 Å². The van der Waals surface area contributed by atoms with E-state index in [4.69, 9.17) is 5.11 Å². The number of hydrogen-bond acceptors (Lipinski definition) is 4. The first-order valence-corrected chi connectivity index (χ1v) is 6.86. The van der Waals surface area contributed by atoms with Crippen LogP contribution in [0.15, 0.2) is 12.1 Å². The Morgan fingerprint density at radius 2 is 2.19 bits per heavy atom. The average molecular weight is 321 g/mol. The van der Waals surface area contributed by atoms with Crippen molar-refractivity contribution in [3.63, 3.8) is 0 Å². The van der Waals surface area contributed by atoms with Gasteiger partial charge in [0.25, 0.3) is 5.91 Å². The molecule has 8 heteroatoms. The molecular formula is C13H14F3NO3S. The molecule has 0 aromatic carbocycles. The van der Waals surface area contributed by atoms with Crippen LogP contribution in [0.2, 0.25) is 0 Å². The first kappa shape index (κ1) is 17.5. The van der Waals surface area contributed by atoms with Crippen LogP contribution < -0.4 is 5.32 Å². The molecular weight excluding hydrogens is 307 g/mol. The topological polar surface area (TPSA) is 58.6 Å². The number of aliphatic hydroxyl groups is 1. The van der Waals surface area contributed by atoms with Crippen LogP contribution in [-0.4, -0.2) is 43.6 Å². The highest BCUT2D eigenvalue weighted by molar-refractivity contribution is 7.14. The van der Waals surface area contributed by atoms with E-state index in [1.165, 1.54) is 11.3 Å². The van der Waals surface area contributed by atoms with Crippen molar-refractivity contribution in [1.29, 1.82) is 0 Å². The number of ether oxygens (including phenoxy) is 1. The normalized spacial score (nSPS) is 10.9. The summed E-state index contributed by atoms with van der Waals surface area (Å²) in [5.41, 5.74) is 0. The number of carbonyl (C=O) groups is 1. The number of rotatable bonds is 6. The fourth-order valence-electron chi connectivity index (χ4n) is 1.24. The molecule has 1 heterocycles. The van der Waals surface area contributed by atoms with Crippen LogP contribution in [0.4, 0.5) is 13.2 Å². The number of nitrogens with one attached hydrogen (secondary N) is 1. The third-order valence-corrected chi connectivity index (χ3v) is 3.08. The lowest BCUT2D eigenvalue weighted by Crippen LogP contribution is -2.28. The molecule has 1 aromatic rings. The summed E-state index contributed by atoms with van der Waals surface area (Å²) in [7, 11) is 0. The van der Waals surface area contributed by atoms with Gasteiger partial charge < -0.3 is 15.2 Å². The summed E-state index contributed by atoms with van der Waals surface area (Å²) < 4.78 is 39.8. The zero-order chi connectivity index (χ0) is 15.7. The molecule has 0 aliphatic carbocycles. The quantitative estimate of drug-likeness (QED) is 0.620. The molecule has 1 rings (SSSR count). The molecule has 1 amide bonds. The summed E-state index contributed by atoms with van der Waals surface area (Å²) in [4.78, 5) is 12.8. The Balaban J connectivity index is 2.31. The van der Waals surface area contributed by atoms with Gasteiger partial charge >= 0.3 is 6.18 Å². The Morgan fingerprint density at radius 3 is 2.86 bits per heavy atom. The first-order valence-electron chi connectivity index (χ1n) is 6.04. The standard InChI is InChI=1S/C13H14F3NO3S/c14-13(15,16)9-20-8-6-17-12(19)11-5-4-10(21-11)3-1-2-7-18/h4-5,18H,2,6-9H2,(H,17,19). The lowest BCUT2D eigenvalue weighted by Gasteiger charge is -2.07. The van der Waals surface area contributed by atoms with E-state index in [0.29, 0.717) is 16.2 Å². The molecule has 4 nitrogen and oxygen atoms in total. The van der Waals surface area contributed by atoms with E-state index < -0.39 is 12.8 Å². The monoisotopic (exact) mass is 321 g/mol. The van der Waals surface area contributed by atoms with E-state index in [1.54, 1.807) is 12.1 Å². The van der Waals surface area contributed by atoms with Crippen molar-refractivity contribution in [3.05, 3.63) is 21.9 Å². The van der Waals surface area contributed by atoms with Gasteiger partial charge in [0.2, 0.25) is 0 Å². The molecule has 21 heavy (non-hydrogen) atoms. The van der Waals surface area contributed by atoms with Gasteiger partial charge in [0.1, 0.15) is 6.61 Å². The Hall–Kier alpha value is -1.56. The van der Waals surface area contributed by atoms with E-state index in [1.807, 2.05) is 0 Å². The third-order valence-electron chi connectivity index (χ3n) is 2.08.